The summed E-state index contributed by atoms with van der Waals surface area (Å²) in [4.78, 5) is 10.3. The van der Waals surface area contributed by atoms with Gasteiger partial charge in [-0.2, -0.15) is 0 Å². The lowest BCUT2D eigenvalue weighted by Gasteiger charge is -2.02. The van der Waals surface area contributed by atoms with Gasteiger partial charge in [-0.25, -0.2) is 0 Å². The van der Waals surface area contributed by atoms with Crippen LogP contribution < -0.4 is 0 Å². The van der Waals surface area contributed by atoms with Crippen molar-refractivity contribution in [2.75, 3.05) is 0 Å². The quantitative estimate of drug-likeness (QED) is 0.729. The van der Waals surface area contributed by atoms with Crippen LogP contribution in [0.15, 0.2) is 16.6 Å². The van der Waals surface area contributed by atoms with Gasteiger partial charge in [0.05, 0.1) is 4.47 Å². The topological polar surface area (TPSA) is 37.3 Å². The minimum atomic E-state index is 0.134. The molecule has 11 heavy (non-hydrogen) atoms. The van der Waals surface area contributed by atoms with E-state index in [0.717, 1.165) is 5.56 Å². The standard InChI is InChI=1S/C8H7BrO2/c1-5-2-3-6(4-10)7(9)8(5)11/h2-4,11H,1H3. The van der Waals surface area contributed by atoms with E-state index in [1.54, 1.807) is 19.1 Å². The first-order chi connectivity index (χ1) is 5.16. The average Bonchev–Trinajstić information content (AvgIpc) is 2.01. The zero-order chi connectivity index (χ0) is 8.43. The number of halogens is 1. The van der Waals surface area contributed by atoms with E-state index < -0.39 is 0 Å². The molecule has 1 N–H and O–H groups in total. The number of carbonyl (C=O) groups is 1. The molecule has 0 atom stereocenters. The Morgan fingerprint density at radius 2 is 2.18 bits per heavy atom. The SMILES string of the molecule is Cc1ccc(C=O)c(Br)c1O. The van der Waals surface area contributed by atoms with E-state index in [-0.39, 0.29) is 5.75 Å². The van der Waals surface area contributed by atoms with E-state index >= 15 is 0 Å². The van der Waals surface area contributed by atoms with Crippen molar-refractivity contribution in [2.24, 2.45) is 0 Å². The minimum absolute atomic E-state index is 0.134. The summed E-state index contributed by atoms with van der Waals surface area (Å²) in [6.45, 7) is 1.77. The number of hydrogen-bond donors (Lipinski definition) is 1. The van der Waals surface area contributed by atoms with Crippen LogP contribution in [0.4, 0.5) is 0 Å². The molecule has 0 radical (unpaired) electrons. The first kappa shape index (κ1) is 8.27. The largest absolute Gasteiger partial charge is 0.506 e. The fraction of sp³-hybridized carbons (Fsp3) is 0.125. The molecule has 0 fully saturated rings. The second kappa shape index (κ2) is 3.05. The van der Waals surface area contributed by atoms with E-state index in [2.05, 4.69) is 15.9 Å². The van der Waals surface area contributed by atoms with E-state index in [9.17, 15) is 9.90 Å². The number of aldehydes is 1. The van der Waals surface area contributed by atoms with Crippen molar-refractivity contribution in [3.05, 3.63) is 27.7 Å². The molecular weight excluding hydrogens is 208 g/mol. The third-order valence-electron chi connectivity index (χ3n) is 1.47. The fourth-order valence-electron chi connectivity index (χ4n) is 0.768. The number of aromatic hydroxyl groups is 1. The Kier molecular flexibility index (Phi) is 2.29. The van der Waals surface area contributed by atoms with E-state index in [4.69, 9.17) is 0 Å². The molecule has 1 rings (SSSR count). The van der Waals surface area contributed by atoms with Crippen LogP contribution in [0.25, 0.3) is 0 Å². The van der Waals surface area contributed by atoms with Crippen LogP contribution in [-0.4, -0.2) is 11.4 Å². The lowest BCUT2D eigenvalue weighted by molar-refractivity contribution is 0.112. The highest BCUT2D eigenvalue weighted by atomic mass is 79.9. The summed E-state index contributed by atoms with van der Waals surface area (Å²) in [5.74, 6) is 0.134. The second-order valence-electron chi connectivity index (χ2n) is 2.25. The smallest absolute Gasteiger partial charge is 0.151 e. The van der Waals surface area contributed by atoms with Crippen LogP contribution in [0.2, 0.25) is 0 Å². The Morgan fingerprint density at radius 3 is 2.73 bits per heavy atom. The number of hydrogen-bond acceptors (Lipinski definition) is 2. The Bertz CT molecular complexity index is 294. The Morgan fingerprint density at radius 1 is 1.55 bits per heavy atom. The van der Waals surface area contributed by atoms with Gasteiger partial charge < -0.3 is 5.11 Å². The highest BCUT2D eigenvalue weighted by molar-refractivity contribution is 9.10. The number of carbonyl (C=O) groups excluding carboxylic acids is 1. The van der Waals surface area contributed by atoms with Crippen LogP contribution in [0.5, 0.6) is 5.75 Å². The van der Waals surface area contributed by atoms with Gasteiger partial charge >= 0.3 is 0 Å². The van der Waals surface area contributed by atoms with Crippen molar-refractivity contribution < 1.29 is 9.90 Å². The predicted octanol–water partition coefficient (Wildman–Crippen LogP) is 2.28. The van der Waals surface area contributed by atoms with Crippen LogP contribution in [-0.2, 0) is 0 Å². The number of phenolic OH excluding ortho intramolecular Hbond substituents is 1. The maximum absolute atomic E-state index is 10.3. The van der Waals surface area contributed by atoms with Crippen molar-refractivity contribution in [2.45, 2.75) is 6.92 Å². The first-order valence-corrected chi connectivity index (χ1v) is 3.89. The lowest BCUT2D eigenvalue weighted by Crippen LogP contribution is -1.84. The number of benzene rings is 1. The molecule has 0 bridgehead atoms. The fourth-order valence-corrected chi connectivity index (χ4v) is 1.31. The summed E-state index contributed by atoms with van der Waals surface area (Å²) in [7, 11) is 0. The van der Waals surface area contributed by atoms with Crippen molar-refractivity contribution in [3.8, 4) is 5.75 Å². The third-order valence-corrected chi connectivity index (χ3v) is 2.31. The average molecular weight is 215 g/mol. The number of rotatable bonds is 1. The molecular formula is C8H7BrO2. The molecule has 0 saturated carbocycles. The summed E-state index contributed by atoms with van der Waals surface area (Å²) in [5.41, 5.74) is 1.22. The maximum atomic E-state index is 10.3. The molecule has 0 aliphatic rings. The lowest BCUT2D eigenvalue weighted by atomic mass is 10.1. The van der Waals surface area contributed by atoms with Crippen molar-refractivity contribution in [1.29, 1.82) is 0 Å². The molecule has 0 aliphatic heterocycles. The first-order valence-electron chi connectivity index (χ1n) is 3.10. The van der Waals surface area contributed by atoms with Gasteiger partial charge in [-0.3, -0.25) is 4.79 Å². The minimum Gasteiger partial charge on any atom is -0.506 e. The molecule has 3 heteroatoms. The highest BCUT2D eigenvalue weighted by Gasteiger charge is 2.05. The molecule has 0 aliphatic carbocycles. The maximum Gasteiger partial charge on any atom is 0.151 e. The van der Waals surface area contributed by atoms with Gasteiger partial charge in [-0.1, -0.05) is 12.1 Å². The Balaban J connectivity index is 3.36. The van der Waals surface area contributed by atoms with Gasteiger partial charge in [-0.05, 0) is 28.4 Å². The van der Waals surface area contributed by atoms with Crippen molar-refractivity contribution in [3.63, 3.8) is 0 Å². The molecule has 0 heterocycles. The molecule has 0 spiro atoms. The predicted molar refractivity (Wildman–Crippen MR) is 45.9 cm³/mol. The highest BCUT2D eigenvalue weighted by Crippen LogP contribution is 2.29. The zero-order valence-electron chi connectivity index (χ0n) is 5.97. The summed E-state index contributed by atoms with van der Waals surface area (Å²) >= 11 is 3.11. The van der Waals surface area contributed by atoms with E-state index in [1.807, 2.05) is 0 Å². The van der Waals surface area contributed by atoms with Gasteiger partial charge in [0.25, 0.3) is 0 Å². The summed E-state index contributed by atoms with van der Waals surface area (Å²) in [6.07, 6.45) is 0.698. The van der Waals surface area contributed by atoms with Gasteiger partial charge in [0.1, 0.15) is 5.75 Å². The molecule has 0 aromatic heterocycles. The van der Waals surface area contributed by atoms with Crippen molar-refractivity contribution in [1.82, 2.24) is 0 Å². The number of aryl methyl sites for hydroxylation is 1. The van der Waals surface area contributed by atoms with Crippen LogP contribution >= 0.6 is 15.9 Å². The molecule has 1 aromatic rings. The van der Waals surface area contributed by atoms with Crippen LogP contribution in [0.1, 0.15) is 15.9 Å². The van der Waals surface area contributed by atoms with Gasteiger partial charge in [0.15, 0.2) is 6.29 Å². The van der Waals surface area contributed by atoms with Crippen LogP contribution in [0.3, 0.4) is 0 Å². The summed E-state index contributed by atoms with van der Waals surface area (Å²) < 4.78 is 0.465. The Labute approximate surface area is 73.0 Å². The van der Waals surface area contributed by atoms with E-state index in [1.165, 1.54) is 0 Å². The summed E-state index contributed by atoms with van der Waals surface area (Å²) in [5, 5.41) is 9.31. The normalized spacial score (nSPS) is 9.64. The third kappa shape index (κ3) is 1.43. The van der Waals surface area contributed by atoms with Crippen LogP contribution in [0, 0.1) is 6.92 Å². The zero-order valence-corrected chi connectivity index (χ0v) is 7.55. The van der Waals surface area contributed by atoms with Gasteiger partial charge in [0.2, 0.25) is 0 Å². The summed E-state index contributed by atoms with van der Waals surface area (Å²) in [6, 6.07) is 3.36. The van der Waals surface area contributed by atoms with Gasteiger partial charge in [-0.15, -0.1) is 0 Å². The molecule has 2 nitrogen and oxygen atoms in total. The molecule has 0 unspecified atom stereocenters. The molecule has 0 amide bonds. The Hall–Kier alpha value is -0.830. The monoisotopic (exact) mass is 214 g/mol. The van der Waals surface area contributed by atoms with Gasteiger partial charge in [0, 0.05) is 5.56 Å². The molecule has 58 valence electrons. The number of phenols is 1. The molecule has 0 saturated heterocycles. The van der Waals surface area contributed by atoms with E-state index in [0.29, 0.717) is 16.3 Å². The molecule has 1 aromatic carbocycles. The second-order valence-corrected chi connectivity index (χ2v) is 3.05. The van der Waals surface area contributed by atoms with Crippen molar-refractivity contribution >= 4 is 22.2 Å².